The molecule has 0 spiro atoms. The number of nitrogens with zero attached hydrogens (tertiary/aromatic N) is 2. The highest BCUT2D eigenvalue weighted by Crippen LogP contribution is 2.09. The molecular weight excluding hydrogens is 258 g/mol. The van der Waals surface area contributed by atoms with Crippen LogP contribution in [0.15, 0.2) is 24.3 Å². The second kappa shape index (κ2) is 7.92. The Balaban J connectivity index is 2.46. The van der Waals surface area contributed by atoms with Crippen LogP contribution in [0.5, 0.6) is 0 Å². The van der Waals surface area contributed by atoms with E-state index in [2.05, 4.69) is 16.1 Å². The molecular formula is C14H17N3O3. The normalized spacial score (nSPS) is 9.90. The monoisotopic (exact) mass is 275 g/mol. The van der Waals surface area contributed by atoms with Crippen molar-refractivity contribution in [2.75, 3.05) is 32.6 Å². The van der Waals surface area contributed by atoms with E-state index in [9.17, 15) is 9.59 Å². The third kappa shape index (κ3) is 5.50. The lowest BCUT2D eigenvalue weighted by molar-refractivity contribution is -0.141. The number of amides is 1. The molecule has 0 aliphatic heterocycles. The molecule has 0 aliphatic rings. The summed E-state index contributed by atoms with van der Waals surface area (Å²) in [6.07, 6.45) is 0.343. The molecule has 0 saturated carbocycles. The van der Waals surface area contributed by atoms with Gasteiger partial charge in [-0.1, -0.05) is 12.1 Å². The Kier molecular flexibility index (Phi) is 6.20. The standard InChI is InChI=1S/C14H17N3O3/c1-17(10-14(19)20-2)9-13(18)16-12-5-3-11(4-6-12)7-8-15/h3-6H,7,9-10H2,1-2H3,(H,16,18). The van der Waals surface area contributed by atoms with Gasteiger partial charge in [-0.2, -0.15) is 5.26 Å². The number of anilines is 1. The zero-order valence-corrected chi connectivity index (χ0v) is 11.5. The SMILES string of the molecule is COC(=O)CN(C)CC(=O)Nc1ccc(CC#N)cc1. The molecule has 0 saturated heterocycles. The van der Waals surface area contributed by atoms with Crippen molar-refractivity contribution in [1.29, 1.82) is 5.26 Å². The Hall–Kier alpha value is -2.39. The minimum atomic E-state index is -0.388. The third-order valence-corrected chi connectivity index (χ3v) is 2.56. The average Bonchev–Trinajstić information content (AvgIpc) is 2.40. The first kappa shape index (κ1) is 15.7. The van der Waals surface area contributed by atoms with Gasteiger partial charge in [0.15, 0.2) is 0 Å². The number of benzene rings is 1. The summed E-state index contributed by atoms with van der Waals surface area (Å²) in [6, 6.07) is 9.12. The molecule has 0 aromatic heterocycles. The lowest BCUT2D eigenvalue weighted by Gasteiger charge is -2.14. The van der Waals surface area contributed by atoms with Crippen LogP contribution in [-0.2, 0) is 20.7 Å². The van der Waals surface area contributed by atoms with Gasteiger partial charge < -0.3 is 10.1 Å². The van der Waals surface area contributed by atoms with Crippen LogP contribution in [0.3, 0.4) is 0 Å². The first-order valence-corrected chi connectivity index (χ1v) is 6.06. The number of nitrogens with one attached hydrogen (secondary N) is 1. The zero-order valence-electron chi connectivity index (χ0n) is 11.5. The van der Waals surface area contributed by atoms with Gasteiger partial charge in [-0.15, -0.1) is 0 Å². The predicted molar refractivity (Wildman–Crippen MR) is 73.9 cm³/mol. The van der Waals surface area contributed by atoms with Gasteiger partial charge in [0, 0.05) is 5.69 Å². The van der Waals surface area contributed by atoms with Gasteiger partial charge in [0.25, 0.3) is 0 Å². The molecule has 1 rings (SSSR count). The molecule has 6 heteroatoms. The van der Waals surface area contributed by atoms with Gasteiger partial charge in [0.2, 0.25) is 5.91 Å². The molecule has 0 atom stereocenters. The number of hydrogen-bond acceptors (Lipinski definition) is 5. The average molecular weight is 275 g/mol. The van der Waals surface area contributed by atoms with Crippen molar-refractivity contribution in [1.82, 2.24) is 4.90 Å². The molecule has 1 aromatic carbocycles. The van der Waals surface area contributed by atoms with Crippen LogP contribution in [0, 0.1) is 11.3 Å². The van der Waals surface area contributed by atoms with Crippen LogP contribution in [0.1, 0.15) is 5.56 Å². The summed E-state index contributed by atoms with van der Waals surface area (Å²) >= 11 is 0. The quantitative estimate of drug-likeness (QED) is 0.776. The molecule has 0 heterocycles. The molecule has 0 fully saturated rings. The zero-order chi connectivity index (χ0) is 15.0. The van der Waals surface area contributed by atoms with E-state index in [1.807, 2.05) is 0 Å². The smallest absolute Gasteiger partial charge is 0.319 e. The largest absolute Gasteiger partial charge is 0.468 e. The van der Waals surface area contributed by atoms with E-state index in [1.54, 1.807) is 36.2 Å². The molecule has 1 N–H and O–H groups in total. The predicted octanol–water partition coefficient (Wildman–Crippen LogP) is 0.796. The number of nitriles is 1. The first-order chi connectivity index (χ1) is 9.55. The Labute approximate surface area is 117 Å². The molecule has 0 aliphatic carbocycles. The summed E-state index contributed by atoms with van der Waals surface area (Å²) < 4.78 is 4.52. The van der Waals surface area contributed by atoms with Gasteiger partial charge in [-0.05, 0) is 24.7 Å². The third-order valence-electron chi connectivity index (χ3n) is 2.56. The van der Waals surface area contributed by atoms with E-state index in [0.29, 0.717) is 12.1 Å². The van der Waals surface area contributed by atoms with Crippen LogP contribution < -0.4 is 5.32 Å². The van der Waals surface area contributed by atoms with Gasteiger partial charge in [0.05, 0.1) is 32.7 Å². The lowest BCUT2D eigenvalue weighted by atomic mass is 10.1. The van der Waals surface area contributed by atoms with Gasteiger partial charge in [0.1, 0.15) is 0 Å². The van der Waals surface area contributed by atoms with E-state index in [1.165, 1.54) is 7.11 Å². The molecule has 106 valence electrons. The number of methoxy groups -OCH3 is 1. The van der Waals surface area contributed by atoms with Gasteiger partial charge in [-0.3, -0.25) is 14.5 Å². The number of carbonyl (C=O) groups is 2. The molecule has 0 radical (unpaired) electrons. The van der Waals surface area contributed by atoms with Crippen LogP contribution in [-0.4, -0.2) is 44.0 Å². The van der Waals surface area contributed by atoms with Crippen molar-refractivity contribution in [3.8, 4) is 6.07 Å². The Morgan fingerprint density at radius 3 is 2.50 bits per heavy atom. The van der Waals surface area contributed by atoms with Gasteiger partial charge in [-0.25, -0.2) is 0 Å². The van der Waals surface area contributed by atoms with Crippen molar-refractivity contribution in [2.45, 2.75) is 6.42 Å². The van der Waals surface area contributed by atoms with E-state index in [0.717, 1.165) is 5.56 Å². The second-order valence-corrected chi connectivity index (χ2v) is 4.33. The van der Waals surface area contributed by atoms with Crippen LogP contribution >= 0.6 is 0 Å². The van der Waals surface area contributed by atoms with E-state index in [-0.39, 0.29) is 25.0 Å². The minimum Gasteiger partial charge on any atom is -0.468 e. The maximum absolute atomic E-state index is 11.7. The first-order valence-electron chi connectivity index (χ1n) is 6.06. The molecule has 1 aromatic rings. The maximum Gasteiger partial charge on any atom is 0.319 e. The highest BCUT2D eigenvalue weighted by atomic mass is 16.5. The number of ether oxygens (including phenoxy) is 1. The molecule has 0 unspecified atom stereocenters. The number of hydrogen-bond donors (Lipinski definition) is 1. The van der Waals surface area contributed by atoms with E-state index in [4.69, 9.17) is 5.26 Å². The highest BCUT2D eigenvalue weighted by Gasteiger charge is 2.10. The molecule has 0 bridgehead atoms. The number of esters is 1. The summed E-state index contributed by atoms with van der Waals surface area (Å²) in [5.41, 5.74) is 1.55. The summed E-state index contributed by atoms with van der Waals surface area (Å²) in [5, 5.41) is 11.3. The summed E-state index contributed by atoms with van der Waals surface area (Å²) in [4.78, 5) is 24.3. The van der Waals surface area contributed by atoms with Crippen LogP contribution in [0.2, 0.25) is 0 Å². The fraction of sp³-hybridized carbons (Fsp3) is 0.357. The number of carbonyl (C=O) groups excluding carboxylic acids is 2. The van der Waals surface area contributed by atoms with E-state index < -0.39 is 0 Å². The summed E-state index contributed by atoms with van der Waals surface area (Å²) in [6.45, 7) is 0.153. The van der Waals surface area contributed by atoms with Crippen molar-refractivity contribution in [3.63, 3.8) is 0 Å². The Morgan fingerprint density at radius 1 is 1.30 bits per heavy atom. The fourth-order valence-electron chi connectivity index (χ4n) is 1.58. The highest BCUT2D eigenvalue weighted by molar-refractivity contribution is 5.92. The summed E-state index contributed by atoms with van der Waals surface area (Å²) in [5.74, 6) is -0.606. The van der Waals surface area contributed by atoms with Crippen molar-refractivity contribution >= 4 is 17.6 Å². The van der Waals surface area contributed by atoms with Crippen LogP contribution in [0.4, 0.5) is 5.69 Å². The minimum absolute atomic E-state index is 0.0605. The summed E-state index contributed by atoms with van der Waals surface area (Å²) in [7, 11) is 2.96. The fourth-order valence-corrected chi connectivity index (χ4v) is 1.58. The van der Waals surface area contributed by atoms with Crippen molar-refractivity contribution in [2.24, 2.45) is 0 Å². The topological polar surface area (TPSA) is 82.4 Å². The second-order valence-electron chi connectivity index (χ2n) is 4.33. The molecule has 1 amide bonds. The van der Waals surface area contributed by atoms with Crippen molar-refractivity contribution in [3.05, 3.63) is 29.8 Å². The maximum atomic E-state index is 11.7. The van der Waals surface area contributed by atoms with Gasteiger partial charge >= 0.3 is 5.97 Å². The van der Waals surface area contributed by atoms with Crippen LogP contribution in [0.25, 0.3) is 0 Å². The Bertz CT molecular complexity index is 505. The number of rotatable bonds is 6. The molecule has 20 heavy (non-hydrogen) atoms. The van der Waals surface area contributed by atoms with E-state index >= 15 is 0 Å². The lowest BCUT2D eigenvalue weighted by Crippen LogP contribution is -2.34. The molecule has 6 nitrogen and oxygen atoms in total. The Morgan fingerprint density at radius 2 is 1.95 bits per heavy atom. The number of likely N-dealkylation sites (N-methyl/N-ethyl adjacent to an activating group) is 1. The van der Waals surface area contributed by atoms with Crippen molar-refractivity contribution < 1.29 is 14.3 Å².